The number of benzene rings is 3. The number of amides is 2. The minimum absolute atomic E-state index is 0.0326. The highest BCUT2D eigenvalue weighted by molar-refractivity contribution is 9.10. The van der Waals surface area contributed by atoms with Gasteiger partial charge in [0.2, 0.25) is 0 Å². The van der Waals surface area contributed by atoms with Crippen LogP contribution in [-0.2, 0) is 4.79 Å². The predicted octanol–water partition coefficient (Wildman–Crippen LogP) is 4.58. The molecule has 0 bridgehead atoms. The van der Waals surface area contributed by atoms with E-state index in [0.717, 1.165) is 21.8 Å². The van der Waals surface area contributed by atoms with Crippen LogP contribution in [0.2, 0.25) is 0 Å². The Balaban J connectivity index is 1.82. The van der Waals surface area contributed by atoms with Crippen molar-refractivity contribution in [3.05, 3.63) is 105 Å². The Kier molecular flexibility index (Phi) is 8.10. The fourth-order valence-corrected chi connectivity index (χ4v) is 3.06. The largest absolute Gasteiger partial charge is 0.378 e. The molecule has 0 saturated heterocycles. The van der Waals surface area contributed by atoms with Crippen LogP contribution in [0.5, 0.6) is 0 Å². The summed E-state index contributed by atoms with van der Waals surface area (Å²) in [5.74, 6) is -1.78. The van der Waals surface area contributed by atoms with Gasteiger partial charge < -0.3 is 10.2 Å². The van der Waals surface area contributed by atoms with Crippen molar-refractivity contribution in [3.63, 3.8) is 0 Å². The molecular weight excluding hydrogens is 487 g/mol. The van der Waals surface area contributed by atoms with Gasteiger partial charge in [0.15, 0.2) is 0 Å². The first-order valence-corrected chi connectivity index (χ1v) is 10.8. The smallest absolute Gasteiger partial charge is 0.287 e. The molecule has 33 heavy (non-hydrogen) atoms. The number of nitrogens with zero attached hydrogens (tertiary/aromatic N) is 2. The first kappa shape index (κ1) is 23.9. The SMILES string of the molecule is CN(C)c1ccc(/C=C(\NC(=O)c2cccc(F)c2)C(=O)N/N=C/c2ccc(Br)cc2)cc1. The number of rotatable bonds is 7. The van der Waals surface area contributed by atoms with Crippen molar-refractivity contribution >= 4 is 45.7 Å². The van der Waals surface area contributed by atoms with E-state index in [1.54, 1.807) is 0 Å². The molecule has 0 aromatic heterocycles. The molecule has 0 radical (unpaired) electrons. The van der Waals surface area contributed by atoms with Crippen molar-refractivity contribution in [1.29, 1.82) is 0 Å². The average molecular weight is 509 g/mol. The summed E-state index contributed by atoms with van der Waals surface area (Å²) in [6, 6.07) is 20.0. The van der Waals surface area contributed by atoms with E-state index in [0.29, 0.717) is 5.56 Å². The molecule has 0 saturated carbocycles. The highest BCUT2D eigenvalue weighted by Crippen LogP contribution is 2.15. The summed E-state index contributed by atoms with van der Waals surface area (Å²) in [7, 11) is 3.85. The van der Waals surface area contributed by atoms with Crippen LogP contribution in [-0.4, -0.2) is 32.1 Å². The van der Waals surface area contributed by atoms with Crippen LogP contribution in [0.25, 0.3) is 6.08 Å². The molecule has 0 fully saturated rings. The van der Waals surface area contributed by atoms with Gasteiger partial charge >= 0.3 is 0 Å². The molecule has 0 spiro atoms. The number of carbonyl (C=O) groups is 2. The van der Waals surface area contributed by atoms with Crippen molar-refractivity contribution in [3.8, 4) is 0 Å². The lowest BCUT2D eigenvalue weighted by Crippen LogP contribution is -2.32. The second kappa shape index (κ2) is 11.2. The Labute approximate surface area is 199 Å². The zero-order valence-corrected chi connectivity index (χ0v) is 19.6. The van der Waals surface area contributed by atoms with Crippen molar-refractivity contribution in [2.45, 2.75) is 0 Å². The number of halogens is 2. The molecule has 168 valence electrons. The molecule has 3 aromatic rings. The normalized spacial score (nSPS) is 11.3. The molecule has 0 heterocycles. The van der Waals surface area contributed by atoms with Crippen LogP contribution in [0.1, 0.15) is 21.5 Å². The molecule has 8 heteroatoms. The fourth-order valence-electron chi connectivity index (χ4n) is 2.79. The highest BCUT2D eigenvalue weighted by atomic mass is 79.9. The minimum atomic E-state index is -0.621. The van der Waals surface area contributed by atoms with Crippen LogP contribution in [0.4, 0.5) is 10.1 Å². The van der Waals surface area contributed by atoms with Crippen LogP contribution >= 0.6 is 15.9 Å². The van der Waals surface area contributed by atoms with E-state index < -0.39 is 17.6 Å². The Morgan fingerprint density at radius 2 is 1.64 bits per heavy atom. The molecule has 0 aliphatic rings. The summed E-state index contributed by atoms with van der Waals surface area (Å²) >= 11 is 3.36. The molecule has 0 atom stereocenters. The van der Waals surface area contributed by atoms with Gasteiger partial charge in [0.05, 0.1) is 6.21 Å². The maximum Gasteiger partial charge on any atom is 0.287 e. The molecule has 3 rings (SSSR count). The Morgan fingerprint density at radius 1 is 0.970 bits per heavy atom. The Morgan fingerprint density at radius 3 is 2.27 bits per heavy atom. The van der Waals surface area contributed by atoms with Gasteiger partial charge in [-0.15, -0.1) is 0 Å². The summed E-state index contributed by atoms with van der Waals surface area (Å²) in [6.07, 6.45) is 3.02. The van der Waals surface area contributed by atoms with Crippen LogP contribution in [0, 0.1) is 5.82 Å². The molecule has 0 unspecified atom stereocenters. The first-order chi connectivity index (χ1) is 15.8. The molecule has 6 nitrogen and oxygen atoms in total. The van der Waals surface area contributed by atoms with E-state index in [1.165, 1.54) is 30.5 Å². The Bertz CT molecular complexity index is 1190. The molecule has 0 aliphatic carbocycles. The van der Waals surface area contributed by atoms with Gasteiger partial charge in [0.1, 0.15) is 11.5 Å². The lowest BCUT2D eigenvalue weighted by atomic mass is 10.1. The van der Waals surface area contributed by atoms with Gasteiger partial charge in [0, 0.05) is 29.8 Å². The van der Waals surface area contributed by atoms with Gasteiger partial charge in [-0.3, -0.25) is 9.59 Å². The summed E-state index contributed by atoms with van der Waals surface area (Å²) in [6.45, 7) is 0. The lowest BCUT2D eigenvalue weighted by molar-refractivity contribution is -0.117. The molecular formula is C25H22BrFN4O2. The molecule has 0 aliphatic heterocycles. The van der Waals surface area contributed by atoms with E-state index in [9.17, 15) is 14.0 Å². The zero-order chi connectivity index (χ0) is 23.8. The van der Waals surface area contributed by atoms with Gasteiger partial charge in [-0.25, -0.2) is 9.82 Å². The summed E-state index contributed by atoms with van der Waals surface area (Å²) < 4.78 is 14.5. The summed E-state index contributed by atoms with van der Waals surface area (Å²) in [5, 5.41) is 6.52. The van der Waals surface area contributed by atoms with E-state index in [2.05, 4.69) is 31.8 Å². The first-order valence-electron chi connectivity index (χ1n) is 9.97. The number of carbonyl (C=O) groups excluding carboxylic acids is 2. The quantitative estimate of drug-likeness (QED) is 0.278. The second-order valence-electron chi connectivity index (χ2n) is 7.26. The number of hydrogen-bond donors (Lipinski definition) is 2. The van der Waals surface area contributed by atoms with E-state index in [4.69, 9.17) is 0 Å². The third kappa shape index (κ3) is 7.11. The summed E-state index contributed by atoms with van der Waals surface area (Å²) in [4.78, 5) is 27.4. The van der Waals surface area contributed by atoms with E-state index in [-0.39, 0.29) is 11.3 Å². The fraction of sp³-hybridized carbons (Fsp3) is 0.0800. The molecule has 2 N–H and O–H groups in total. The Hall–Kier alpha value is -3.78. The number of nitrogens with one attached hydrogen (secondary N) is 2. The van der Waals surface area contributed by atoms with Crippen LogP contribution < -0.4 is 15.6 Å². The monoisotopic (exact) mass is 508 g/mol. The van der Waals surface area contributed by atoms with Gasteiger partial charge in [-0.05, 0) is 59.7 Å². The topological polar surface area (TPSA) is 73.8 Å². The maximum absolute atomic E-state index is 13.5. The van der Waals surface area contributed by atoms with Crippen molar-refractivity contribution in [2.24, 2.45) is 5.10 Å². The van der Waals surface area contributed by atoms with Gasteiger partial charge in [-0.2, -0.15) is 5.10 Å². The average Bonchev–Trinajstić information content (AvgIpc) is 2.80. The third-order valence-corrected chi connectivity index (χ3v) is 5.08. The number of hydrogen-bond acceptors (Lipinski definition) is 4. The minimum Gasteiger partial charge on any atom is -0.378 e. The number of anilines is 1. The zero-order valence-electron chi connectivity index (χ0n) is 18.0. The summed E-state index contributed by atoms with van der Waals surface area (Å²) in [5.41, 5.74) is 4.95. The maximum atomic E-state index is 13.5. The molecule has 3 aromatic carbocycles. The highest BCUT2D eigenvalue weighted by Gasteiger charge is 2.15. The molecule has 2 amide bonds. The van der Waals surface area contributed by atoms with Crippen LogP contribution in [0.15, 0.2) is 88.1 Å². The second-order valence-corrected chi connectivity index (χ2v) is 8.17. The van der Waals surface area contributed by atoms with Crippen molar-refractivity contribution < 1.29 is 14.0 Å². The van der Waals surface area contributed by atoms with Crippen molar-refractivity contribution in [2.75, 3.05) is 19.0 Å². The van der Waals surface area contributed by atoms with Crippen molar-refractivity contribution in [1.82, 2.24) is 10.7 Å². The van der Waals surface area contributed by atoms with E-state index >= 15 is 0 Å². The van der Waals surface area contributed by atoms with Crippen LogP contribution in [0.3, 0.4) is 0 Å². The predicted molar refractivity (Wildman–Crippen MR) is 132 cm³/mol. The standard InChI is InChI=1S/C25H22BrFN4O2/c1-31(2)22-12-8-17(9-13-22)14-23(29-24(32)19-4-3-5-21(27)15-19)25(33)30-28-16-18-6-10-20(26)11-7-18/h3-16H,1-2H3,(H,29,32)(H,30,33)/b23-14-,28-16+. The van der Waals surface area contributed by atoms with Gasteiger partial charge in [-0.1, -0.05) is 46.3 Å². The van der Waals surface area contributed by atoms with Gasteiger partial charge in [0.25, 0.3) is 11.8 Å². The number of hydrazone groups is 1. The third-order valence-electron chi connectivity index (χ3n) is 4.55. The van der Waals surface area contributed by atoms with E-state index in [1.807, 2.05) is 67.5 Å². The lowest BCUT2D eigenvalue weighted by Gasteiger charge is -2.12.